The van der Waals surface area contributed by atoms with Crippen LogP contribution in [0.15, 0.2) is 33.7 Å². The third-order valence-corrected chi connectivity index (χ3v) is 5.40. The Morgan fingerprint density at radius 1 is 1.45 bits per heavy atom. The van der Waals surface area contributed by atoms with Gasteiger partial charge in [-0.2, -0.15) is 11.8 Å². The van der Waals surface area contributed by atoms with Gasteiger partial charge >= 0.3 is 0 Å². The Morgan fingerprint density at radius 3 is 2.77 bits per heavy atom. The van der Waals surface area contributed by atoms with Crippen LogP contribution in [-0.4, -0.2) is 53.2 Å². The summed E-state index contributed by atoms with van der Waals surface area (Å²) in [7, 11) is 2.02. The van der Waals surface area contributed by atoms with Gasteiger partial charge < -0.3 is 15.3 Å². The second kappa shape index (κ2) is 8.22. The lowest BCUT2D eigenvalue weighted by Crippen LogP contribution is -2.41. The van der Waals surface area contributed by atoms with Gasteiger partial charge in [-0.15, -0.1) is 0 Å². The summed E-state index contributed by atoms with van der Waals surface area (Å²) in [5.74, 6) is 2.65. The van der Waals surface area contributed by atoms with Gasteiger partial charge in [-0.1, -0.05) is 28.1 Å². The molecular weight excluding hydrogens is 362 g/mol. The zero-order chi connectivity index (χ0) is 16.0. The molecule has 2 N–H and O–H groups in total. The van der Waals surface area contributed by atoms with E-state index in [1.54, 1.807) is 11.8 Å². The zero-order valence-electron chi connectivity index (χ0n) is 13.2. The predicted octanol–water partition coefficient (Wildman–Crippen LogP) is 2.71. The molecule has 0 aromatic heterocycles. The van der Waals surface area contributed by atoms with Crippen LogP contribution in [0.25, 0.3) is 0 Å². The number of hydrogen-bond donors (Lipinski definition) is 2. The number of halogens is 1. The lowest BCUT2D eigenvalue weighted by atomic mass is 10.0. The van der Waals surface area contributed by atoms with E-state index in [1.165, 1.54) is 5.56 Å². The molecule has 0 amide bonds. The number of nitrogens with zero attached hydrogens (tertiary/aromatic N) is 2. The highest BCUT2D eigenvalue weighted by Crippen LogP contribution is 2.27. The number of aliphatic imine (C=N–C) groups is 1. The fraction of sp³-hybridized carbons (Fsp3) is 0.562. The van der Waals surface area contributed by atoms with Crippen LogP contribution in [0.2, 0.25) is 0 Å². The van der Waals surface area contributed by atoms with E-state index >= 15 is 0 Å². The summed E-state index contributed by atoms with van der Waals surface area (Å²) in [4.78, 5) is 6.74. The van der Waals surface area contributed by atoms with Crippen LogP contribution >= 0.6 is 27.7 Å². The quantitative estimate of drug-likeness (QED) is 0.604. The largest absolute Gasteiger partial charge is 0.387 e. The van der Waals surface area contributed by atoms with E-state index in [-0.39, 0.29) is 0 Å². The van der Waals surface area contributed by atoms with Gasteiger partial charge in [-0.05, 0) is 36.8 Å². The van der Waals surface area contributed by atoms with Gasteiger partial charge in [0.25, 0.3) is 0 Å². The normalized spacial score (nSPS) is 21.9. The van der Waals surface area contributed by atoms with Crippen molar-refractivity contribution in [2.45, 2.75) is 25.5 Å². The molecule has 1 atom stereocenters. The second-order valence-corrected chi connectivity index (χ2v) is 7.70. The Balaban J connectivity index is 2.00. The summed E-state index contributed by atoms with van der Waals surface area (Å²) in [6.07, 6.45) is 0.830. The molecule has 1 aromatic rings. The Bertz CT molecular complexity index is 501. The van der Waals surface area contributed by atoms with Crippen molar-refractivity contribution in [2.24, 2.45) is 4.99 Å². The standard InChI is InChI=1S/C16H24BrN3OS/c1-3-18-15(19-11-16(21)8-9-22-12-16)20(2)10-13-4-6-14(17)7-5-13/h4-7,21H,3,8-12H2,1-2H3,(H,18,19). The first-order valence-corrected chi connectivity index (χ1v) is 9.51. The van der Waals surface area contributed by atoms with Gasteiger partial charge in [0.1, 0.15) is 0 Å². The van der Waals surface area contributed by atoms with Gasteiger partial charge in [-0.3, -0.25) is 4.99 Å². The second-order valence-electron chi connectivity index (χ2n) is 5.68. The predicted molar refractivity (Wildman–Crippen MR) is 98.5 cm³/mol. The monoisotopic (exact) mass is 385 g/mol. The number of nitrogens with one attached hydrogen (secondary N) is 1. The van der Waals surface area contributed by atoms with Crippen LogP contribution in [-0.2, 0) is 6.54 Å². The average molecular weight is 386 g/mol. The van der Waals surface area contributed by atoms with Crippen molar-refractivity contribution >= 4 is 33.7 Å². The molecule has 6 heteroatoms. The summed E-state index contributed by atoms with van der Waals surface area (Å²) in [6, 6.07) is 8.30. The minimum Gasteiger partial charge on any atom is -0.387 e. The van der Waals surface area contributed by atoms with Crippen molar-refractivity contribution in [1.29, 1.82) is 0 Å². The molecule has 1 unspecified atom stereocenters. The number of rotatable bonds is 5. The van der Waals surface area contributed by atoms with Crippen LogP contribution in [0.5, 0.6) is 0 Å². The summed E-state index contributed by atoms with van der Waals surface area (Å²) in [6.45, 7) is 4.12. The van der Waals surface area contributed by atoms with Crippen molar-refractivity contribution in [2.75, 3.05) is 31.6 Å². The Morgan fingerprint density at radius 2 is 2.18 bits per heavy atom. The SMILES string of the molecule is CCNC(=NCC1(O)CCSC1)N(C)Cc1ccc(Br)cc1. The highest BCUT2D eigenvalue weighted by molar-refractivity contribution is 9.10. The van der Waals surface area contributed by atoms with Crippen molar-refractivity contribution in [3.05, 3.63) is 34.3 Å². The first-order valence-electron chi connectivity index (χ1n) is 7.56. The van der Waals surface area contributed by atoms with Gasteiger partial charge in [0.05, 0.1) is 12.1 Å². The molecule has 1 fully saturated rings. The summed E-state index contributed by atoms with van der Waals surface area (Å²) in [5, 5.41) is 13.7. The van der Waals surface area contributed by atoms with Crippen molar-refractivity contribution in [3.8, 4) is 0 Å². The van der Waals surface area contributed by atoms with Crippen LogP contribution in [0.3, 0.4) is 0 Å². The van der Waals surface area contributed by atoms with E-state index in [2.05, 4.69) is 50.2 Å². The smallest absolute Gasteiger partial charge is 0.194 e. The number of hydrogen-bond acceptors (Lipinski definition) is 3. The lowest BCUT2D eigenvalue weighted by molar-refractivity contribution is 0.0776. The summed E-state index contributed by atoms with van der Waals surface area (Å²) >= 11 is 5.26. The minimum absolute atomic E-state index is 0.465. The summed E-state index contributed by atoms with van der Waals surface area (Å²) in [5.41, 5.74) is 0.593. The first kappa shape index (κ1) is 17.6. The highest BCUT2D eigenvalue weighted by atomic mass is 79.9. The Kier molecular flexibility index (Phi) is 6.59. The van der Waals surface area contributed by atoms with Crippen LogP contribution in [0, 0.1) is 0 Å². The average Bonchev–Trinajstić information content (AvgIpc) is 2.93. The van der Waals surface area contributed by atoms with Gasteiger partial charge in [0.15, 0.2) is 5.96 Å². The molecule has 2 rings (SSSR count). The van der Waals surface area contributed by atoms with Crippen LogP contribution < -0.4 is 5.32 Å². The van der Waals surface area contributed by atoms with Gasteiger partial charge in [0, 0.05) is 30.4 Å². The highest BCUT2D eigenvalue weighted by Gasteiger charge is 2.31. The van der Waals surface area contributed by atoms with Crippen LogP contribution in [0.1, 0.15) is 18.9 Å². The molecule has 0 radical (unpaired) electrons. The molecule has 1 saturated heterocycles. The van der Waals surface area contributed by atoms with Crippen LogP contribution in [0.4, 0.5) is 0 Å². The lowest BCUT2D eigenvalue weighted by Gasteiger charge is -2.24. The van der Waals surface area contributed by atoms with E-state index in [0.29, 0.717) is 6.54 Å². The number of thioether (sulfide) groups is 1. The van der Waals surface area contributed by atoms with Crippen molar-refractivity contribution in [1.82, 2.24) is 10.2 Å². The number of guanidine groups is 1. The molecule has 0 bridgehead atoms. The van der Waals surface area contributed by atoms with Crippen molar-refractivity contribution in [3.63, 3.8) is 0 Å². The number of aliphatic hydroxyl groups is 1. The molecule has 1 aliphatic rings. The fourth-order valence-electron chi connectivity index (χ4n) is 2.35. The van der Waals surface area contributed by atoms with Gasteiger partial charge in [-0.25, -0.2) is 0 Å². The first-order chi connectivity index (χ1) is 10.5. The molecular formula is C16H24BrN3OS. The number of benzene rings is 1. The third kappa shape index (κ3) is 5.18. The van der Waals surface area contributed by atoms with E-state index < -0.39 is 5.60 Å². The fourth-order valence-corrected chi connectivity index (χ4v) is 3.90. The topological polar surface area (TPSA) is 47.9 Å². The molecule has 0 saturated carbocycles. The molecule has 1 aromatic carbocycles. The van der Waals surface area contributed by atoms with E-state index in [9.17, 15) is 5.11 Å². The zero-order valence-corrected chi connectivity index (χ0v) is 15.6. The maximum Gasteiger partial charge on any atom is 0.194 e. The van der Waals surface area contributed by atoms with E-state index in [4.69, 9.17) is 0 Å². The maximum atomic E-state index is 10.4. The minimum atomic E-state index is -0.635. The third-order valence-electron chi connectivity index (χ3n) is 3.64. The molecule has 122 valence electrons. The Labute approximate surface area is 145 Å². The molecule has 0 spiro atoms. The molecule has 4 nitrogen and oxygen atoms in total. The molecule has 0 aliphatic carbocycles. The molecule has 1 heterocycles. The van der Waals surface area contributed by atoms with Crippen molar-refractivity contribution < 1.29 is 5.11 Å². The maximum absolute atomic E-state index is 10.4. The van der Waals surface area contributed by atoms with E-state index in [0.717, 1.165) is 41.4 Å². The molecule has 1 aliphatic heterocycles. The van der Waals surface area contributed by atoms with Gasteiger partial charge in [0.2, 0.25) is 0 Å². The molecule has 22 heavy (non-hydrogen) atoms. The summed E-state index contributed by atoms with van der Waals surface area (Å²) < 4.78 is 1.08. The van der Waals surface area contributed by atoms with E-state index in [1.807, 2.05) is 19.2 Å². The Hall–Kier alpha value is -0.720.